The van der Waals surface area contributed by atoms with Crippen molar-refractivity contribution < 1.29 is 5.11 Å². The Morgan fingerprint density at radius 3 is 2.59 bits per heavy atom. The molecule has 2 unspecified atom stereocenters. The van der Waals surface area contributed by atoms with Crippen LogP contribution in [0.3, 0.4) is 0 Å². The minimum Gasteiger partial charge on any atom is -0.389 e. The number of aliphatic hydroxyl groups is 1. The Morgan fingerprint density at radius 2 is 2.06 bits per heavy atom. The number of halogens is 1. The second-order valence-corrected chi connectivity index (χ2v) is 6.12. The van der Waals surface area contributed by atoms with Gasteiger partial charge in [0.25, 0.3) is 0 Å². The number of hydrogen-bond donors (Lipinski definition) is 1. The maximum absolute atomic E-state index is 9.81. The normalized spacial score (nSPS) is 14.5. The molecule has 2 atom stereocenters. The molecule has 0 aliphatic heterocycles. The van der Waals surface area contributed by atoms with E-state index in [1.165, 1.54) is 0 Å². The van der Waals surface area contributed by atoms with Crippen molar-refractivity contribution in [2.24, 2.45) is 0 Å². The lowest BCUT2D eigenvalue weighted by atomic mass is 10.1. The molecule has 0 spiro atoms. The van der Waals surface area contributed by atoms with Crippen molar-refractivity contribution in [1.29, 1.82) is 0 Å². The third-order valence-electron chi connectivity index (χ3n) is 2.89. The molecular weight excluding hydrogens is 298 g/mol. The van der Waals surface area contributed by atoms with Crippen LogP contribution in [0.2, 0.25) is 0 Å². The van der Waals surface area contributed by atoms with Crippen LogP contribution in [0, 0.1) is 0 Å². The Morgan fingerprint density at radius 1 is 1.41 bits per heavy atom. The van der Waals surface area contributed by atoms with Gasteiger partial charge in [-0.2, -0.15) is 11.8 Å². The van der Waals surface area contributed by atoms with E-state index in [2.05, 4.69) is 47.1 Å². The van der Waals surface area contributed by atoms with E-state index in [9.17, 15) is 5.11 Å². The first-order valence-electron chi connectivity index (χ1n) is 5.66. The van der Waals surface area contributed by atoms with Gasteiger partial charge in [0, 0.05) is 34.6 Å². The van der Waals surface area contributed by atoms with Crippen LogP contribution in [-0.2, 0) is 0 Å². The molecule has 1 aromatic rings. The predicted molar refractivity (Wildman–Crippen MR) is 81.0 cm³/mol. The van der Waals surface area contributed by atoms with Gasteiger partial charge in [0.05, 0.1) is 6.10 Å². The molecule has 96 valence electrons. The summed E-state index contributed by atoms with van der Waals surface area (Å²) in [6.45, 7) is 4.00. The number of aliphatic hydroxyl groups excluding tert-OH is 1. The van der Waals surface area contributed by atoms with E-state index in [-0.39, 0.29) is 0 Å². The third kappa shape index (κ3) is 3.90. The number of anilines is 1. The van der Waals surface area contributed by atoms with Gasteiger partial charge in [0.2, 0.25) is 0 Å². The largest absolute Gasteiger partial charge is 0.389 e. The van der Waals surface area contributed by atoms with E-state index in [0.717, 1.165) is 21.5 Å². The second-order valence-electron chi connectivity index (χ2n) is 4.29. The van der Waals surface area contributed by atoms with Gasteiger partial charge in [-0.05, 0) is 32.2 Å². The summed E-state index contributed by atoms with van der Waals surface area (Å²) >= 11 is 5.32. The summed E-state index contributed by atoms with van der Waals surface area (Å²) in [4.78, 5) is 2.23. The van der Waals surface area contributed by atoms with Gasteiger partial charge in [-0.3, -0.25) is 0 Å². The quantitative estimate of drug-likeness (QED) is 0.896. The van der Waals surface area contributed by atoms with Crippen LogP contribution in [0.4, 0.5) is 5.69 Å². The van der Waals surface area contributed by atoms with Crippen LogP contribution >= 0.6 is 27.7 Å². The minimum absolute atomic E-state index is 0.441. The molecule has 0 aromatic heterocycles. The molecule has 0 radical (unpaired) electrons. The number of nitrogens with zero attached hydrogens (tertiary/aromatic N) is 1. The van der Waals surface area contributed by atoms with E-state index in [0.29, 0.717) is 6.04 Å². The lowest BCUT2D eigenvalue weighted by Gasteiger charge is -2.29. The van der Waals surface area contributed by atoms with E-state index in [4.69, 9.17) is 0 Å². The fourth-order valence-corrected chi connectivity index (χ4v) is 2.82. The molecule has 0 heterocycles. The van der Waals surface area contributed by atoms with Crippen LogP contribution in [0.25, 0.3) is 0 Å². The average molecular weight is 318 g/mol. The Hall–Kier alpha value is -0.190. The van der Waals surface area contributed by atoms with Gasteiger partial charge in [-0.25, -0.2) is 0 Å². The van der Waals surface area contributed by atoms with E-state index in [1.54, 1.807) is 6.92 Å². The summed E-state index contributed by atoms with van der Waals surface area (Å²) in [5.74, 6) is 1.07. The molecule has 2 nitrogen and oxygen atoms in total. The first-order chi connectivity index (χ1) is 7.97. The second kappa shape index (κ2) is 6.66. The van der Waals surface area contributed by atoms with Gasteiger partial charge < -0.3 is 10.0 Å². The summed E-state index contributed by atoms with van der Waals surface area (Å²) in [5, 5.41) is 9.81. The smallest absolute Gasteiger partial charge is 0.0782 e. The topological polar surface area (TPSA) is 23.5 Å². The lowest BCUT2D eigenvalue weighted by molar-refractivity contribution is 0.199. The van der Waals surface area contributed by atoms with Crippen molar-refractivity contribution in [3.63, 3.8) is 0 Å². The molecule has 0 aliphatic carbocycles. The van der Waals surface area contributed by atoms with Gasteiger partial charge in [0.1, 0.15) is 0 Å². The Kier molecular flexibility index (Phi) is 5.83. The molecule has 0 amide bonds. The highest BCUT2D eigenvalue weighted by atomic mass is 79.9. The highest BCUT2D eigenvalue weighted by Crippen LogP contribution is 2.30. The van der Waals surface area contributed by atoms with Crippen molar-refractivity contribution in [2.75, 3.05) is 24.0 Å². The molecule has 0 fully saturated rings. The molecule has 0 saturated carbocycles. The fraction of sp³-hybridized carbons (Fsp3) is 0.538. The molecule has 0 bridgehead atoms. The Bertz CT molecular complexity index is 370. The first-order valence-corrected chi connectivity index (χ1v) is 7.85. The highest BCUT2D eigenvalue weighted by molar-refractivity contribution is 9.10. The predicted octanol–water partition coefficient (Wildman–Crippen LogP) is 3.69. The summed E-state index contributed by atoms with van der Waals surface area (Å²) in [7, 11) is 2.08. The molecule has 0 aliphatic rings. The first kappa shape index (κ1) is 14.9. The van der Waals surface area contributed by atoms with E-state index >= 15 is 0 Å². The molecule has 4 heteroatoms. The van der Waals surface area contributed by atoms with Gasteiger partial charge >= 0.3 is 0 Å². The molecular formula is C13H20BrNOS. The van der Waals surface area contributed by atoms with Crippen LogP contribution in [0.5, 0.6) is 0 Å². The summed E-state index contributed by atoms with van der Waals surface area (Å²) in [5.41, 5.74) is 2.07. The van der Waals surface area contributed by atoms with Crippen molar-refractivity contribution in [1.82, 2.24) is 0 Å². The van der Waals surface area contributed by atoms with Crippen LogP contribution in [0.1, 0.15) is 25.5 Å². The van der Waals surface area contributed by atoms with E-state index in [1.807, 2.05) is 23.9 Å². The zero-order chi connectivity index (χ0) is 13.0. The maximum atomic E-state index is 9.81. The highest BCUT2D eigenvalue weighted by Gasteiger charge is 2.16. The van der Waals surface area contributed by atoms with Crippen LogP contribution in [-0.4, -0.2) is 30.2 Å². The number of rotatable bonds is 5. The Balaban J connectivity index is 3.05. The van der Waals surface area contributed by atoms with Crippen LogP contribution < -0.4 is 4.90 Å². The molecule has 1 aromatic carbocycles. The number of hydrogen-bond acceptors (Lipinski definition) is 3. The summed E-state index contributed by atoms with van der Waals surface area (Å²) in [6.07, 6.45) is 1.67. The minimum atomic E-state index is -0.443. The molecule has 17 heavy (non-hydrogen) atoms. The monoisotopic (exact) mass is 317 g/mol. The molecule has 0 saturated heterocycles. The van der Waals surface area contributed by atoms with Crippen molar-refractivity contribution >= 4 is 33.4 Å². The maximum Gasteiger partial charge on any atom is 0.0782 e. The van der Waals surface area contributed by atoms with Crippen LogP contribution in [0.15, 0.2) is 22.7 Å². The fourth-order valence-electron chi connectivity index (χ4n) is 1.77. The number of benzene rings is 1. The third-order valence-corrected chi connectivity index (χ3v) is 4.20. The molecule has 1 rings (SSSR count). The summed E-state index contributed by atoms with van der Waals surface area (Å²) in [6, 6.07) is 6.46. The lowest BCUT2D eigenvalue weighted by Crippen LogP contribution is -2.31. The standard InChI is InChI=1S/C13H20BrNOS/c1-9(8-17-4)15(3)13-7-11(14)5-6-12(13)10(2)16/h5-7,9-10,16H,8H2,1-4H3. The van der Waals surface area contributed by atoms with Crippen molar-refractivity contribution in [2.45, 2.75) is 26.0 Å². The van der Waals surface area contributed by atoms with Crippen molar-refractivity contribution in [3.05, 3.63) is 28.2 Å². The van der Waals surface area contributed by atoms with Gasteiger partial charge in [-0.15, -0.1) is 0 Å². The number of thioether (sulfide) groups is 1. The summed E-state index contributed by atoms with van der Waals surface area (Å²) < 4.78 is 1.04. The van der Waals surface area contributed by atoms with Crippen molar-refractivity contribution in [3.8, 4) is 0 Å². The average Bonchev–Trinajstić information content (AvgIpc) is 2.27. The Labute approximate surface area is 117 Å². The van der Waals surface area contributed by atoms with Gasteiger partial charge in [-0.1, -0.05) is 22.0 Å². The van der Waals surface area contributed by atoms with Gasteiger partial charge in [0.15, 0.2) is 0 Å². The van der Waals surface area contributed by atoms with E-state index < -0.39 is 6.10 Å². The molecule has 1 N–H and O–H groups in total. The zero-order valence-corrected chi connectivity index (χ0v) is 13.2. The zero-order valence-electron chi connectivity index (χ0n) is 10.8. The SMILES string of the molecule is CSCC(C)N(C)c1cc(Br)ccc1C(C)O.